The van der Waals surface area contributed by atoms with Crippen molar-refractivity contribution in [1.29, 1.82) is 0 Å². The highest BCUT2D eigenvalue weighted by Crippen LogP contribution is 2.34. The molecule has 0 N–H and O–H groups in total. The van der Waals surface area contributed by atoms with Gasteiger partial charge in [-0.25, -0.2) is 4.98 Å². The number of nitrogens with zero attached hydrogens (tertiary/aromatic N) is 3. The van der Waals surface area contributed by atoms with E-state index in [2.05, 4.69) is 46.8 Å². The Labute approximate surface area is 130 Å². The summed E-state index contributed by atoms with van der Waals surface area (Å²) in [4.78, 5) is 7.37. The highest BCUT2D eigenvalue weighted by Gasteiger charge is 2.30. The smallest absolute Gasteiger partial charge is 0.127 e. The summed E-state index contributed by atoms with van der Waals surface area (Å²) in [6, 6.07) is 12.9. The zero-order valence-electron chi connectivity index (χ0n) is 13.1. The molecule has 1 fully saturated rings. The highest BCUT2D eigenvalue weighted by atomic mass is 16.3. The van der Waals surface area contributed by atoms with Crippen molar-refractivity contribution in [1.82, 2.24) is 14.5 Å². The van der Waals surface area contributed by atoms with E-state index >= 15 is 0 Å². The molecular weight excluding hydrogens is 274 g/mol. The average Bonchev–Trinajstić information content (AvgIpc) is 3.21. The number of aryl methyl sites for hydroxylation is 2. The van der Waals surface area contributed by atoms with Crippen LogP contribution in [0.5, 0.6) is 0 Å². The number of para-hydroxylation sites is 2. The number of rotatable bonds is 3. The molecule has 4 rings (SSSR count). The Morgan fingerprint density at radius 1 is 1.23 bits per heavy atom. The summed E-state index contributed by atoms with van der Waals surface area (Å²) in [6.45, 7) is 3.96. The van der Waals surface area contributed by atoms with E-state index in [4.69, 9.17) is 9.40 Å². The molecule has 1 aromatic carbocycles. The van der Waals surface area contributed by atoms with Crippen molar-refractivity contribution in [2.75, 3.05) is 6.54 Å². The van der Waals surface area contributed by atoms with Crippen molar-refractivity contribution in [3.05, 3.63) is 53.7 Å². The molecule has 3 aromatic rings. The molecule has 114 valence electrons. The average molecular weight is 295 g/mol. The van der Waals surface area contributed by atoms with Gasteiger partial charge >= 0.3 is 0 Å². The monoisotopic (exact) mass is 295 g/mol. The molecular formula is C18H21N3O. The number of likely N-dealkylation sites (tertiary alicyclic amines) is 1. The number of aromatic nitrogens is 2. The number of imidazole rings is 1. The Kier molecular flexibility index (Phi) is 3.26. The standard InChI is InChI=1S/C18H21N3O/c1-13-9-10-14(22-13)12-21-11-5-8-17(21)18-19-15-6-3-4-7-16(15)20(18)2/h3-4,6-7,9-10,17H,5,8,11-12H2,1-2H3/t17-/m1/s1. The number of hydrogen-bond acceptors (Lipinski definition) is 3. The van der Waals surface area contributed by atoms with E-state index in [1.54, 1.807) is 0 Å². The summed E-state index contributed by atoms with van der Waals surface area (Å²) < 4.78 is 7.99. The molecule has 2 aromatic heterocycles. The van der Waals surface area contributed by atoms with Crippen LogP contribution in [0.15, 0.2) is 40.8 Å². The lowest BCUT2D eigenvalue weighted by Gasteiger charge is -2.23. The third kappa shape index (κ3) is 2.24. The van der Waals surface area contributed by atoms with E-state index in [-0.39, 0.29) is 0 Å². The number of fused-ring (bicyclic) bond motifs is 1. The minimum absolute atomic E-state index is 0.378. The lowest BCUT2D eigenvalue weighted by atomic mass is 10.2. The van der Waals surface area contributed by atoms with Gasteiger partial charge in [-0.3, -0.25) is 4.90 Å². The normalized spacial score (nSPS) is 19.3. The van der Waals surface area contributed by atoms with Crippen LogP contribution in [0.1, 0.15) is 36.2 Å². The zero-order valence-corrected chi connectivity index (χ0v) is 13.1. The predicted molar refractivity (Wildman–Crippen MR) is 86.5 cm³/mol. The van der Waals surface area contributed by atoms with Gasteiger partial charge in [-0.1, -0.05) is 12.1 Å². The van der Waals surface area contributed by atoms with Crippen molar-refractivity contribution in [2.45, 2.75) is 32.4 Å². The topological polar surface area (TPSA) is 34.2 Å². The quantitative estimate of drug-likeness (QED) is 0.737. The van der Waals surface area contributed by atoms with E-state index in [9.17, 15) is 0 Å². The molecule has 4 heteroatoms. The third-order valence-electron chi connectivity index (χ3n) is 4.64. The Morgan fingerprint density at radius 3 is 2.86 bits per heavy atom. The van der Waals surface area contributed by atoms with Gasteiger partial charge < -0.3 is 8.98 Å². The van der Waals surface area contributed by atoms with Crippen molar-refractivity contribution in [3.8, 4) is 0 Å². The Hall–Kier alpha value is -2.07. The minimum atomic E-state index is 0.378. The van der Waals surface area contributed by atoms with Gasteiger partial charge in [0.2, 0.25) is 0 Å². The van der Waals surface area contributed by atoms with Crippen LogP contribution in [0.4, 0.5) is 0 Å². The number of hydrogen-bond donors (Lipinski definition) is 0. The van der Waals surface area contributed by atoms with Gasteiger partial charge in [0.1, 0.15) is 17.3 Å². The number of benzene rings is 1. The SMILES string of the molecule is Cc1ccc(CN2CCC[C@@H]2c2nc3ccccc3n2C)o1. The van der Waals surface area contributed by atoms with Crippen molar-refractivity contribution < 1.29 is 4.42 Å². The van der Waals surface area contributed by atoms with Crippen LogP contribution >= 0.6 is 0 Å². The van der Waals surface area contributed by atoms with Gasteiger partial charge in [0.15, 0.2) is 0 Å². The van der Waals surface area contributed by atoms with Gasteiger partial charge in [0, 0.05) is 7.05 Å². The zero-order chi connectivity index (χ0) is 15.1. The Morgan fingerprint density at radius 2 is 2.09 bits per heavy atom. The molecule has 1 atom stereocenters. The summed E-state index contributed by atoms with van der Waals surface area (Å²) in [6.07, 6.45) is 2.38. The molecule has 1 saturated heterocycles. The van der Waals surface area contributed by atoms with Crippen molar-refractivity contribution in [2.24, 2.45) is 7.05 Å². The summed E-state index contributed by atoms with van der Waals surface area (Å²) in [5, 5.41) is 0. The van der Waals surface area contributed by atoms with Gasteiger partial charge in [0.25, 0.3) is 0 Å². The van der Waals surface area contributed by atoms with E-state index in [0.29, 0.717) is 6.04 Å². The second-order valence-corrected chi connectivity index (χ2v) is 6.16. The van der Waals surface area contributed by atoms with E-state index in [0.717, 1.165) is 36.5 Å². The molecule has 0 aliphatic carbocycles. The molecule has 0 amide bonds. The molecule has 22 heavy (non-hydrogen) atoms. The maximum Gasteiger partial charge on any atom is 0.127 e. The summed E-state index contributed by atoms with van der Waals surface area (Å²) >= 11 is 0. The molecule has 0 saturated carbocycles. The summed E-state index contributed by atoms with van der Waals surface area (Å²) in [5.41, 5.74) is 2.29. The third-order valence-corrected chi connectivity index (χ3v) is 4.64. The highest BCUT2D eigenvalue weighted by molar-refractivity contribution is 5.75. The van der Waals surface area contributed by atoms with Gasteiger partial charge in [-0.05, 0) is 50.6 Å². The first kappa shape index (κ1) is 13.6. The van der Waals surface area contributed by atoms with E-state index in [1.807, 2.05) is 13.0 Å². The fraction of sp³-hybridized carbons (Fsp3) is 0.389. The summed E-state index contributed by atoms with van der Waals surface area (Å²) in [7, 11) is 2.12. The lowest BCUT2D eigenvalue weighted by Crippen LogP contribution is -2.24. The number of furan rings is 1. The largest absolute Gasteiger partial charge is 0.465 e. The van der Waals surface area contributed by atoms with E-state index < -0.39 is 0 Å². The fourth-order valence-corrected chi connectivity index (χ4v) is 3.54. The first-order valence-corrected chi connectivity index (χ1v) is 7.93. The van der Waals surface area contributed by atoms with Crippen molar-refractivity contribution in [3.63, 3.8) is 0 Å². The van der Waals surface area contributed by atoms with Gasteiger partial charge in [-0.15, -0.1) is 0 Å². The van der Waals surface area contributed by atoms with Gasteiger partial charge in [-0.2, -0.15) is 0 Å². The molecule has 1 aliphatic heterocycles. The fourth-order valence-electron chi connectivity index (χ4n) is 3.54. The van der Waals surface area contributed by atoms with Crippen LogP contribution in [0.25, 0.3) is 11.0 Å². The Balaban J connectivity index is 1.66. The predicted octanol–water partition coefficient (Wildman–Crippen LogP) is 3.81. The van der Waals surface area contributed by atoms with E-state index in [1.165, 1.54) is 17.8 Å². The van der Waals surface area contributed by atoms with Crippen LogP contribution in [0, 0.1) is 6.92 Å². The van der Waals surface area contributed by atoms with Crippen LogP contribution in [-0.2, 0) is 13.6 Å². The second-order valence-electron chi connectivity index (χ2n) is 6.16. The molecule has 0 spiro atoms. The van der Waals surface area contributed by atoms with Gasteiger partial charge in [0.05, 0.1) is 23.6 Å². The van der Waals surface area contributed by atoms with Crippen LogP contribution in [0.2, 0.25) is 0 Å². The second kappa shape index (κ2) is 5.29. The molecule has 0 bridgehead atoms. The van der Waals surface area contributed by atoms with Crippen LogP contribution in [0.3, 0.4) is 0 Å². The van der Waals surface area contributed by atoms with Crippen LogP contribution in [-0.4, -0.2) is 21.0 Å². The maximum atomic E-state index is 5.75. The molecule has 0 unspecified atom stereocenters. The summed E-state index contributed by atoms with van der Waals surface area (Å²) in [5.74, 6) is 3.19. The molecule has 4 nitrogen and oxygen atoms in total. The molecule has 0 radical (unpaired) electrons. The minimum Gasteiger partial charge on any atom is -0.465 e. The lowest BCUT2D eigenvalue weighted by molar-refractivity contribution is 0.217. The van der Waals surface area contributed by atoms with Crippen LogP contribution < -0.4 is 0 Å². The van der Waals surface area contributed by atoms with Crippen molar-refractivity contribution >= 4 is 11.0 Å². The first-order valence-electron chi connectivity index (χ1n) is 7.93. The molecule has 3 heterocycles. The Bertz CT molecular complexity index is 802. The molecule has 1 aliphatic rings. The first-order chi connectivity index (χ1) is 10.7. The maximum absolute atomic E-state index is 5.75.